The molecule has 0 atom stereocenters. The zero-order valence-corrected chi connectivity index (χ0v) is 10.1. The van der Waals surface area contributed by atoms with Gasteiger partial charge in [-0.3, -0.25) is 4.90 Å². The lowest BCUT2D eigenvalue weighted by Crippen LogP contribution is -2.27. The molecule has 0 bridgehead atoms. The molecule has 0 aliphatic rings. The minimum Gasteiger partial charge on any atom is -0.449 e. The molecule has 5 heteroatoms. The molecule has 0 aromatic heterocycles. The van der Waals surface area contributed by atoms with Crippen molar-refractivity contribution >= 4 is 23.5 Å². The summed E-state index contributed by atoms with van der Waals surface area (Å²) in [5.74, 6) is 0. The first-order valence-electron chi connectivity index (χ1n) is 5.19. The molecule has 0 fully saturated rings. The highest BCUT2D eigenvalue weighted by molar-refractivity contribution is 5.88. The summed E-state index contributed by atoms with van der Waals surface area (Å²) in [6.45, 7) is 3.92. The molecule has 0 heterocycles. The number of amides is 1. The van der Waals surface area contributed by atoms with Gasteiger partial charge in [0.25, 0.3) is 0 Å². The topological polar surface area (TPSA) is 59.0 Å². The number of benzene rings is 1. The summed E-state index contributed by atoms with van der Waals surface area (Å²) in [7, 11) is 1.61. The van der Waals surface area contributed by atoms with Gasteiger partial charge in [0.2, 0.25) is 6.08 Å². The molecule has 0 unspecified atom stereocenters. The number of ether oxygens (including phenoxy) is 1. The Morgan fingerprint density at radius 1 is 1.53 bits per heavy atom. The van der Waals surface area contributed by atoms with Gasteiger partial charge in [-0.2, -0.15) is 4.99 Å². The van der Waals surface area contributed by atoms with Gasteiger partial charge in [-0.25, -0.2) is 9.59 Å². The van der Waals surface area contributed by atoms with E-state index >= 15 is 0 Å². The van der Waals surface area contributed by atoms with Crippen LogP contribution < -0.4 is 4.90 Å². The number of nitrogens with zero attached hydrogens (tertiary/aromatic N) is 2. The van der Waals surface area contributed by atoms with Crippen LogP contribution in [0.25, 0.3) is 0 Å². The number of hydrogen-bond donors (Lipinski definition) is 0. The fourth-order valence-corrected chi connectivity index (χ4v) is 1.40. The minimum absolute atomic E-state index is 0.314. The predicted octanol–water partition coefficient (Wildman–Crippen LogP) is 2.56. The molecule has 17 heavy (non-hydrogen) atoms. The standard InChI is InChI=1S/C12H14N2O3/c1-4-17-12(16)14(3)11-7-10(13-8-15)6-5-9(11)2/h5-7H,4H2,1-3H3. The highest BCUT2D eigenvalue weighted by atomic mass is 16.6. The predicted molar refractivity (Wildman–Crippen MR) is 64.4 cm³/mol. The first-order valence-corrected chi connectivity index (χ1v) is 5.19. The molecule has 0 saturated heterocycles. The monoisotopic (exact) mass is 234 g/mol. The van der Waals surface area contributed by atoms with Gasteiger partial charge in [-0.05, 0) is 31.5 Å². The van der Waals surface area contributed by atoms with E-state index in [4.69, 9.17) is 4.74 Å². The number of anilines is 1. The van der Waals surface area contributed by atoms with Crippen LogP contribution in [0.5, 0.6) is 0 Å². The molecule has 0 spiro atoms. The number of aryl methyl sites for hydroxylation is 1. The quantitative estimate of drug-likeness (QED) is 0.596. The average Bonchev–Trinajstić information content (AvgIpc) is 2.31. The first kappa shape index (κ1) is 12.9. The second-order valence-corrected chi connectivity index (χ2v) is 3.43. The first-order chi connectivity index (χ1) is 8.10. The Labute approximate surface area is 99.7 Å². The van der Waals surface area contributed by atoms with Crippen LogP contribution in [-0.4, -0.2) is 25.8 Å². The molecule has 1 amide bonds. The van der Waals surface area contributed by atoms with Crippen LogP contribution in [0.2, 0.25) is 0 Å². The Morgan fingerprint density at radius 2 is 2.24 bits per heavy atom. The van der Waals surface area contributed by atoms with Gasteiger partial charge in [-0.15, -0.1) is 0 Å². The smallest absolute Gasteiger partial charge is 0.414 e. The van der Waals surface area contributed by atoms with Crippen LogP contribution in [0.3, 0.4) is 0 Å². The molecular formula is C12H14N2O3. The summed E-state index contributed by atoms with van der Waals surface area (Å²) in [6.07, 6.45) is 1.02. The normalized spacial score (nSPS) is 9.35. The van der Waals surface area contributed by atoms with Crippen LogP contribution in [0.4, 0.5) is 16.2 Å². The highest BCUT2D eigenvalue weighted by Gasteiger charge is 2.14. The lowest BCUT2D eigenvalue weighted by Gasteiger charge is -2.18. The third kappa shape index (κ3) is 3.16. The fraction of sp³-hybridized carbons (Fsp3) is 0.333. The molecular weight excluding hydrogens is 220 g/mol. The molecule has 0 saturated carbocycles. The lowest BCUT2D eigenvalue weighted by molar-refractivity contribution is 0.161. The highest BCUT2D eigenvalue weighted by Crippen LogP contribution is 2.25. The number of carbonyl (C=O) groups is 1. The Hall–Kier alpha value is -2.13. The number of aliphatic imine (C=N–C) groups is 1. The van der Waals surface area contributed by atoms with Crippen molar-refractivity contribution in [2.24, 2.45) is 4.99 Å². The van der Waals surface area contributed by atoms with Crippen molar-refractivity contribution in [3.8, 4) is 0 Å². The SMILES string of the molecule is CCOC(=O)N(C)c1cc(N=C=O)ccc1C. The van der Waals surface area contributed by atoms with Crippen LogP contribution >= 0.6 is 0 Å². The second kappa shape index (κ2) is 5.82. The number of hydrogen-bond acceptors (Lipinski definition) is 4. The van der Waals surface area contributed by atoms with Crippen LogP contribution in [0, 0.1) is 6.92 Å². The second-order valence-electron chi connectivity index (χ2n) is 3.43. The van der Waals surface area contributed by atoms with E-state index < -0.39 is 6.09 Å². The van der Waals surface area contributed by atoms with Gasteiger partial charge in [0.05, 0.1) is 18.0 Å². The van der Waals surface area contributed by atoms with E-state index in [1.807, 2.05) is 6.92 Å². The van der Waals surface area contributed by atoms with Crippen molar-refractivity contribution in [2.75, 3.05) is 18.6 Å². The molecule has 1 aromatic carbocycles. The Balaban J connectivity index is 3.07. The Kier molecular flexibility index (Phi) is 4.43. The largest absolute Gasteiger partial charge is 0.449 e. The molecule has 0 radical (unpaired) electrons. The van der Waals surface area contributed by atoms with Crippen LogP contribution in [-0.2, 0) is 9.53 Å². The van der Waals surface area contributed by atoms with E-state index in [-0.39, 0.29) is 0 Å². The molecule has 5 nitrogen and oxygen atoms in total. The lowest BCUT2D eigenvalue weighted by atomic mass is 10.1. The molecule has 1 rings (SSSR count). The summed E-state index contributed by atoms with van der Waals surface area (Å²) in [6, 6.07) is 5.10. The average molecular weight is 234 g/mol. The van der Waals surface area contributed by atoms with E-state index in [9.17, 15) is 9.59 Å². The maximum atomic E-state index is 11.6. The molecule has 0 aliphatic heterocycles. The van der Waals surface area contributed by atoms with Crippen molar-refractivity contribution in [3.05, 3.63) is 23.8 Å². The number of isocyanates is 1. The summed E-state index contributed by atoms with van der Waals surface area (Å²) in [5, 5.41) is 0. The third-order valence-electron chi connectivity index (χ3n) is 2.27. The molecule has 1 aromatic rings. The van der Waals surface area contributed by atoms with Gasteiger partial charge < -0.3 is 4.74 Å². The molecule has 90 valence electrons. The minimum atomic E-state index is -0.442. The zero-order valence-electron chi connectivity index (χ0n) is 10.1. The van der Waals surface area contributed by atoms with Crippen LogP contribution in [0.1, 0.15) is 12.5 Å². The van der Waals surface area contributed by atoms with E-state index in [0.29, 0.717) is 18.0 Å². The maximum absolute atomic E-state index is 11.6. The van der Waals surface area contributed by atoms with Gasteiger partial charge in [0, 0.05) is 7.05 Å². The van der Waals surface area contributed by atoms with Gasteiger partial charge >= 0.3 is 6.09 Å². The van der Waals surface area contributed by atoms with Crippen LogP contribution in [0.15, 0.2) is 23.2 Å². The zero-order chi connectivity index (χ0) is 12.8. The van der Waals surface area contributed by atoms with E-state index in [1.165, 1.54) is 11.0 Å². The van der Waals surface area contributed by atoms with Crippen molar-refractivity contribution in [1.82, 2.24) is 0 Å². The summed E-state index contributed by atoms with van der Waals surface area (Å²) in [5.41, 5.74) is 2.00. The van der Waals surface area contributed by atoms with Crippen molar-refractivity contribution in [2.45, 2.75) is 13.8 Å². The van der Waals surface area contributed by atoms with Gasteiger partial charge in [-0.1, -0.05) is 6.07 Å². The van der Waals surface area contributed by atoms with E-state index in [2.05, 4.69) is 4.99 Å². The number of carbonyl (C=O) groups excluding carboxylic acids is 2. The van der Waals surface area contributed by atoms with Gasteiger partial charge in [0.15, 0.2) is 0 Å². The van der Waals surface area contributed by atoms with E-state index in [1.54, 1.807) is 32.2 Å². The summed E-state index contributed by atoms with van der Waals surface area (Å²) >= 11 is 0. The fourth-order valence-electron chi connectivity index (χ4n) is 1.40. The van der Waals surface area contributed by atoms with Crippen molar-refractivity contribution in [3.63, 3.8) is 0 Å². The maximum Gasteiger partial charge on any atom is 0.414 e. The number of rotatable bonds is 3. The summed E-state index contributed by atoms with van der Waals surface area (Å²) < 4.78 is 4.89. The molecule has 0 aliphatic carbocycles. The Bertz CT molecular complexity index is 465. The van der Waals surface area contributed by atoms with Crippen molar-refractivity contribution < 1.29 is 14.3 Å². The third-order valence-corrected chi connectivity index (χ3v) is 2.27. The Morgan fingerprint density at radius 3 is 2.82 bits per heavy atom. The summed E-state index contributed by atoms with van der Waals surface area (Å²) in [4.78, 5) is 26.6. The van der Waals surface area contributed by atoms with Gasteiger partial charge in [0.1, 0.15) is 0 Å². The molecule has 0 N–H and O–H groups in total. The van der Waals surface area contributed by atoms with Crippen molar-refractivity contribution in [1.29, 1.82) is 0 Å². The van der Waals surface area contributed by atoms with E-state index in [0.717, 1.165) is 5.56 Å².